The summed E-state index contributed by atoms with van der Waals surface area (Å²) in [4.78, 5) is 17.9. The van der Waals surface area contributed by atoms with Crippen LogP contribution in [-0.2, 0) is 5.41 Å². The first-order valence-corrected chi connectivity index (χ1v) is 10.9. The summed E-state index contributed by atoms with van der Waals surface area (Å²) in [6.07, 6.45) is 3.55. The molecule has 4 rings (SSSR count). The Morgan fingerprint density at radius 3 is 1.60 bits per heavy atom. The van der Waals surface area contributed by atoms with Crippen molar-refractivity contribution >= 4 is 65.9 Å². The number of hydrogen-bond acceptors (Lipinski definition) is 10. The van der Waals surface area contributed by atoms with E-state index in [1.165, 1.54) is 0 Å². The highest BCUT2D eigenvalue weighted by Gasteiger charge is 2.29. The topological polar surface area (TPSA) is 75.6 Å². The Kier molecular flexibility index (Phi) is 4.50. The first-order valence-electron chi connectivity index (χ1n) is 7.36. The first kappa shape index (κ1) is 16.6. The lowest BCUT2D eigenvalue weighted by Gasteiger charge is -2.19. The molecule has 0 aliphatic rings. The second-order valence-electron chi connectivity index (χ2n) is 5.63. The smallest absolute Gasteiger partial charge is 0.189 e. The van der Waals surface area contributed by atoms with Crippen LogP contribution in [0.1, 0.15) is 25.2 Å². The number of aromatic nitrogens is 4. The molecule has 0 amide bonds. The molecule has 6 nitrogen and oxygen atoms in total. The summed E-state index contributed by atoms with van der Waals surface area (Å²) in [7, 11) is 0. The van der Waals surface area contributed by atoms with Crippen LogP contribution in [0.3, 0.4) is 0 Å². The van der Waals surface area contributed by atoms with Crippen molar-refractivity contribution in [2.24, 2.45) is 0 Å². The molecule has 0 radical (unpaired) electrons. The van der Waals surface area contributed by atoms with Gasteiger partial charge in [-0.2, -0.15) is 0 Å². The van der Waals surface area contributed by atoms with Gasteiger partial charge in [0.05, 0.1) is 16.8 Å². The SMILES string of the molecule is CC(C)(c1csc(Nc2nccs2)n1)c1csc(Nc2nccs2)n1. The Balaban J connectivity index is 1.53. The van der Waals surface area contributed by atoms with Gasteiger partial charge in [-0.1, -0.05) is 0 Å². The summed E-state index contributed by atoms with van der Waals surface area (Å²) < 4.78 is 0. The first-order chi connectivity index (χ1) is 12.1. The van der Waals surface area contributed by atoms with Crippen LogP contribution >= 0.6 is 45.3 Å². The van der Waals surface area contributed by atoms with E-state index in [1.54, 1.807) is 57.7 Å². The van der Waals surface area contributed by atoms with Crippen molar-refractivity contribution in [3.8, 4) is 0 Å². The fourth-order valence-corrected chi connectivity index (χ4v) is 5.06. The van der Waals surface area contributed by atoms with Crippen molar-refractivity contribution < 1.29 is 0 Å². The molecule has 25 heavy (non-hydrogen) atoms. The minimum Gasteiger partial charge on any atom is -0.307 e. The number of anilines is 4. The lowest BCUT2D eigenvalue weighted by molar-refractivity contribution is 0.605. The minimum absolute atomic E-state index is 0.279. The maximum Gasteiger partial charge on any atom is 0.189 e. The van der Waals surface area contributed by atoms with Gasteiger partial charge in [0, 0.05) is 33.9 Å². The number of nitrogens with zero attached hydrogens (tertiary/aromatic N) is 4. The molecule has 0 unspecified atom stereocenters. The van der Waals surface area contributed by atoms with Gasteiger partial charge < -0.3 is 10.6 Å². The van der Waals surface area contributed by atoms with Crippen LogP contribution in [0.25, 0.3) is 0 Å². The highest BCUT2D eigenvalue weighted by Crippen LogP contribution is 2.36. The third kappa shape index (κ3) is 3.56. The summed E-state index contributed by atoms with van der Waals surface area (Å²) >= 11 is 6.26. The molecule has 0 aliphatic heterocycles. The minimum atomic E-state index is -0.279. The van der Waals surface area contributed by atoms with Crippen LogP contribution < -0.4 is 10.6 Å². The van der Waals surface area contributed by atoms with Crippen molar-refractivity contribution in [3.63, 3.8) is 0 Å². The summed E-state index contributed by atoms with van der Waals surface area (Å²) in [5.41, 5.74) is 1.70. The van der Waals surface area contributed by atoms with Crippen LogP contribution in [0, 0.1) is 0 Å². The number of hydrogen-bond donors (Lipinski definition) is 2. The molecule has 0 fully saturated rings. The standard InChI is InChI=1S/C15H14N6S4/c1-15(2,9-7-24-13(18-9)20-11-16-3-5-22-11)10-8-25-14(19-10)21-12-17-4-6-23-12/h3-8H,1-2H3,(H,16,18,20)(H,17,19,21). The van der Waals surface area contributed by atoms with Crippen molar-refractivity contribution in [3.05, 3.63) is 45.3 Å². The average Bonchev–Trinajstić information content (AvgIpc) is 3.37. The predicted molar refractivity (Wildman–Crippen MR) is 107 cm³/mol. The lowest BCUT2D eigenvalue weighted by atomic mass is 9.87. The molecule has 2 N–H and O–H groups in total. The Hall–Kier alpha value is -1.88. The molecule has 0 saturated heterocycles. The highest BCUT2D eigenvalue weighted by atomic mass is 32.1. The van der Waals surface area contributed by atoms with Crippen molar-refractivity contribution in [2.45, 2.75) is 19.3 Å². The molecule has 4 aromatic heterocycles. The van der Waals surface area contributed by atoms with Gasteiger partial charge in [-0.25, -0.2) is 19.9 Å². The molecule has 0 aromatic carbocycles. The van der Waals surface area contributed by atoms with Gasteiger partial charge in [0.1, 0.15) is 0 Å². The normalized spacial score (nSPS) is 11.6. The molecule has 4 heterocycles. The highest BCUT2D eigenvalue weighted by molar-refractivity contribution is 7.16. The van der Waals surface area contributed by atoms with Gasteiger partial charge in [-0.05, 0) is 13.8 Å². The zero-order chi connectivity index (χ0) is 17.3. The van der Waals surface area contributed by atoms with Crippen molar-refractivity contribution in [2.75, 3.05) is 10.6 Å². The monoisotopic (exact) mass is 406 g/mol. The molecular formula is C15H14N6S4. The summed E-state index contributed by atoms with van der Waals surface area (Å²) in [5.74, 6) is 0. The Bertz CT molecular complexity index is 862. The average molecular weight is 407 g/mol. The largest absolute Gasteiger partial charge is 0.307 e. The van der Waals surface area contributed by atoms with Crippen LogP contribution in [0.5, 0.6) is 0 Å². The van der Waals surface area contributed by atoms with E-state index in [4.69, 9.17) is 9.97 Å². The van der Waals surface area contributed by atoms with Crippen LogP contribution in [0.2, 0.25) is 0 Å². The lowest BCUT2D eigenvalue weighted by Crippen LogP contribution is -2.20. The fraction of sp³-hybridized carbons (Fsp3) is 0.200. The molecule has 4 aromatic rings. The van der Waals surface area contributed by atoms with Gasteiger partial charge in [-0.15, -0.1) is 45.3 Å². The van der Waals surface area contributed by atoms with Gasteiger partial charge in [0.25, 0.3) is 0 Å². The van der Waals surface area contributed by atoms with Gasteiger partial charge in [0.15, 0.2) is 20.5 Å². The summed E-state index contributed by atoms with van der Waals surface area (Å²) in [5, 5.41) is 17.9. The van der Waals surface area contributed by atoms with E-state index in [-0.39, 0.29) is 5.41 Å². The molecule has 0 atom stereocenters. The molecule has 0 bridgehead atoms. The molecule has 128 valence electrons. The van der Waals surface area contributed by atoms with E-state index in [0.717, 1.165) is 31.9 Å². The molecular weight excluding hydrogens is 392 g/mol. The van der Waals surface area contributed by atoms with Crippen LogP contribution in [0.4, 0.5) is 20.5 Å². The number of thiazole rings is 4. The number of nitrogens with one attached hydrogen (secondary N) is 2. The molecule has 0 aliphatic carbocycles. The predicted octanol–water partition coefficient (Wildman–Crippen LogP) is 5.33. The zero-order valence-corrected chi connectivity index (χ0v) is 16.7. The molecule has 10 heteroatoms. The van der Waals surface area contributed by atoms with Crippen molar-refractivity contribution in [1.29, 1.82) is 0 Å². The van der Waals surface area contributed by atoms with Gasteiger partial charge >= 0.3 is 0 Å². The fourth-order valence-electron chi connectivity index (χ4n) is 2.12. The Morgan fingerprint density at radius 1 is 0.720 bits per heavy atom. The molecule has 0 saturated carbocycles. The zero-order valence-electron chi connectivity index (χ0n) is 13.4. The van der Waals surface area contributed by atoms with Gasteiger partial charge in [-0.3, -0.25) is 0 Å². The third-order valence-corrected chi connectivity index (χ3v) is 6.47. The van der Waals surface area contributed by atoms with E-state index in [1.807, 2.05) is 10.8 Å². The van der Waals surface area contributed by atoms with E-state index in [2.05, 4.69) is 45.2 Å². The quantitative estimate of drug-likeness (QED) is 0.451. The maximum absolute atomic E-state index is 4.73. The maximum atomic E-state index is 4.73. The van der Waals surface area contributed by atoms with E-state index >= 15 is 0 Å². The number of rotatable bonds is 6. The second kappa shape index (κ2) is 6.79. The van der Waals surface area contributed by atoms with E-state index in [9.17, 15) is 0 Å². The van der Waals surface area contributed by atoms with E-state index < -0.39 is 0 Å². The Morgan fingerprint density at radius 2 is 1.20 bits per heavy atom. The Labute approximate surface area is 160 Å². The summed E-state index contributed by atoms with van der Waals surface area (Å²) in [6, 6.07) is 0. The van der Waals surface area contributed by atoms with E-state index in [0.29, 0.717) is 0 Å². The third-order valence-electron chi connectivity index (χ3n) is 3.58. The molecule has 0 spiro atoms. The summed E-state index contributed by atoms with van der Waals surface area (Å²) in [6.45, 7) is 4.27. The van der Waals surface area contributed by atoms with Gasteiger partial charge in [0.2, 0.25) is 0 Å². The van der Waals surface area contributed by atoms with Crippen LogP contribution in [-0.4, -0.2) is 19.9 Å². The van der Waals surface area contributed by atoms with Crippen LogP contribution in [0.15, 0.2) is 33.9 Å². The second-order valence-corrected chi connectivity index (χ2v) is 9.13. The van der Waals surface area contributed by atoms with Crippen molar-refractivity contribution in [1.82, 2.24) is 19.9 Å².